The van der Waals surface area contributed by atoms with Crippen LogP contribution in [0.4, 0.5) is 0 Å². The summed E-state index contributed by atoms with van der Waals surface area (Å²) in [7, 11) is -1.73. The number of benzene rings is 1. The van der Waals surface area contributed by atoms with Crippen molar-refractivity contribution in [1.29, 1.82) is 0 Å². The van der Waals surface area contributed by atoms with Crippen LogP contribution in [0, 0.1) is 6.92 Å². The second kappa shape index (κ2) is 6.79. The topological polar surface area (TPSA) is 97.1 Å². The number of aryl methyl sites for hydroxylation is 1. The summed E-state index contributed by atoms with van der Waals surface area (Å²) in [5.74, 6) is 0.471. The number of nitrogens with one attached hydrogen (secondary N) is 2. The van der Waals surface area contributed by atoms with E-state index in [0.29, 0.717) is 29.2 Å². The lowest BCUT2D eigenvalue weighted by atomic mass is 10.1. The molecule has 0 aliphatic heterocycles. The number of hydrogen-bond donors (Lipinski definition) is 2. The van der Waals surface area contributed by atoms with Crippen molar-refractivity contribution in [3.63, 3.8) is 0 Å². The molecule has 0 fully saturated rings. The minimum Gasteiger partial charge on any atom is -0.343 e. The standard InChI is InChI=1S/C13H18N4O3S/c1-10-3-4-11(8-14-2)7-12(10)21(18,19)16-6-5-13-15-9-20-17-13/h3-4,7,9,14,16H,5-6,8H2,1-2H3. The van der Waals surface area contributed by atoms with Gasteiger partial charge in [0.1, 0.15) is 0 Å². The lowest BCUT2D eigenvalue weighted by Crippen LogP contribution is -2.27. The first-order chi connectivity index (χ1) is 10.0. The molecule has 1 heterocycles. The van der Waals surface area contributed by atoms with Gasteiger partial charge in [-0.2, -0.15) is 4.98 Å². The van der Waals surface area contributed by atoms with Crippen molar-refractivity contribution < 1.29 is 12.9 Å². The first kappa shape index (κ1) is 15.6. The van der Waals surface area contributed by atoms with E-state index in [-0.39, 0.29) is 6.54 Å². The number of sulfonamides is 1. The second-order valence-corrected chi connectivity index (χ2v) is 6.36. The van der Waals surface area contributed by atoms with Gasteiger partial charge in [0, 0.05) is 19.5 Å². The van der Waals surface area contributed by atoms with E-state index in [1.165, 1.54) is 6.39 Å². The van der Waals surface area contributed by atoms with Gasteiger partial charge in [0.05, 0.1) is 4.90 Å². The quantitative estimate of drug-likeness (QED) is 0.778. The minimum atomic E-state index is -3.55. The molecule has 2 rings (SSSR count). The zero-order valence-electron chi connectivity index (χ0n) is 12.0. The smallest absolute Gasteiger partial charge is 0.240 e. The van der Waals surface area contributed by atoms with E-state index in [1.807, 2.05) is 13.1 Å². The molecule has 114 valence electrons. The number of hydrogen-bond acceptors (Lipinski definition) is 6. The molecule has 0 unspecified atom stereocenters. The maximum absolute atomic E-state index is 12.3. The van der Waals surface area contributed by atoms with Crippen LogP contribution in [-0.2, 0) is 23.0 Å². The summed E-state index contributed by atoms with van der Waals surface area (Å²) in [6, 6.07) is 5.40. The highest BCUT2D eigenvalue weighted by Crippen LogP contribution is 2.17. The fourth-order valence-corrected chi connectivity index (χ4v) is 3.25. The molecule has 2 aromatic rings. The van der Waals surface area contributed by atoms with Crippen molar-refractivity contribution in [3.05, 3.63) is 41.5 Å². The Morgan fingerprint density at radius 3 is 2.81 bits per heavy atom. The van der Waals surface area contributed by atoms with Gasteiger partial charge >= 0.3 is 0 Å². The van der Waals surface area contributed by atoms with Gasteiger partial charge in [-0.15, -0.1) is 0 Å². The summed E-state index contributed by atoms with van der Waals surface area (Å²) in [6.45, 7) is 2.61. The van der Waals surface area contributed by atoms with Gasteiger partial charge in [-0.1, -0.05) is 17.3 Å². The highest BCUT2D eigenvalue weighted by molar-refractivity contribution is 7.89. The van der Waals surface area contributed by atoms with Crippen LogP contribution in [0.5, 0.6) is 0 Å². The van der Waals surface area contributed by atoms with Crippen molar-refractivity contribution in [2.75, 3.05) is 13.6 Å². The lowest BCUT2D eigenvalue weighted by Gasteiger charge is -2.10. The summed E-state index contributed by atoms with van der Waals surface area (Å²) in [6.07, 6.45) is 1.60. The second-order valence-electron chi connectivity index (χ2n) is 4.63. The number of aromatic nitrogens is 2. The molecule has 0 atom stereocenters. The van der Waals surface area contributed by atoms with E-state index in [0.717, 1.165) is 5.56 Å². The molecule has 7 nitrogen and oxygen atoms in total. The van der Waals surface area contributed by atoms with Gasteiger partial charge < -0.3 is 9.84 Å². The number of nitrogens with zero attached hydrogens (tertiary/aromatic N) is 2. The van der Waals surface area contributed by atoms with Crippen LogP contribution in [-0.4, -0.2) is 32.2 Å². The third-order valence-electron chi connectivity index (χ3n) is 2.97. The van der Waals surface area contributed by atoms with Gasteiger partial charge in [0.25, 0.3) is 0 Å². The first-order valence-corrected chi connectivity index (χ1v) is 8.00. The normalized spacial score (nSPS) is 11.7. The molecule has 0 saturated heterocycles. The van der Waals surface area contributed by atoms with Gasteiger partial charge in [-0.05, 0) is 31.2 Å². The monoisotopic (exact) mass is 310 g/mol. The van der Waals surface area contributed by atoms with Crippen LogP contribution in [0.2, 0.25) is 0 Å². The molecule has 2 N–H and O–H groups in total. The molecule has 0 radical (unpaired) electrons. The van der Waals surface area contributed by atoms with E-state index in [2.05, 4.69) is 24.7 Å². The molecule has 8 heteroatoms. The van der Waals surface area contributed by atoms with E-state index in [4.69, 9.17) is 0 Å². The Morgan fingerprint density at radius 1 is 1.33 bits per heavy atom. The third-order valence-corrected chi connectivity index (χ3v) is 4.57. The van der Waals surface area contributed by atoms with Crippen LogP contribution < -0.4 is 10.0 Å². The molecule has 0 saturated carbocycles. The lowest BCUT2D eigenvalue weighted by molar-refractivity contribution is 0.410. The Morgan fingerprint density at radius 2 is 2.14 bits per heavy atom. The predicted octanol–water partition coefficient (Wildman–Crippen LogP) is 0.618. The summed E-state index contributed by atoms with van der Waals surface area (Å²) in [5, 5.41) is 6.64. The van der Waals surface area contributed by atoms with Gasteiger partial charge in [0.15, 0.2) is 5.82 Å². The van der Waals surface area contributed by atoms with Crippen LogP contribution in [0.25, 0.3) is 0 Å². The molecule has 0 aliphatic carbocycles. The van der Waals surface area contributed by atoms with Crippen molar-refractivity contribution in [1.82, 2.24) is 20.2 Å². The van der Waals surface area contributed by atoms with E-state index in [9.17, 15) is 8.42 Å². The Bertz CT molecular complexity index is 683. The predicted molar refractivity (Wildman–Crippen MR) is 77.1 cm³/mol. The first-order valence-electron chi connectivity index (χ1n) is 6.52. The van der Waals surface area contributed by atoms with Gasteiger partial charge in [-0.25, -0.2) is 13.1 Å². The molecule has 21 heavy (non-hydrogen) atoms. The maximum atomic E-state index is 12.3. The highest BCUT2D eigenvalue weighted by atomic mass is 32.2. The molecule has 0 bridgehead atoms. The van der Waals surface area contributed by atoms with Crippen molar-refractivity contribution in [3.8, 4) is 0 Å². The molecule has 1 aromatic carbocycles. The Balaban J connectivity index is 2.09. The summed E-state index contributed by atoms with van der Waals surface area (Å²) >= 11 is 0. The molecule has 0 amide bonds. The number of rotatable bonds is 7. The maximum Gasteiger partial charge on any atom is 0.240 e. The fraction of sp³-hybridized carbons (Fsp3) is 0.385. The molecular weight excluding hydrogens is 292 g/mol. The van der Waals surface area contributed by atoms with Crippen molar-refractivity contribution >= 4 is 10.0 Å². The van der Waals surface area contributed by atoms with Crippen molar-refractivity contribution in [2.45, 2.75) is 24.8 Å². The minimum absolute atomic E-state index is 0.220. The SMILES string of the molecule is CNCc1ccc(C)c(S(=O)(=O)NCCc2ncon2)c1. The van der Waals surface area contributed by atoms with Crippen LogP contribution in [0.15, 0.2) is 34.0 Å². The van der Waals surface area contributed by atoms with E-state index < -0.39 is 10.0 Å². The van der Waals surface area contributed by atoms with Crippen LogP contribution in [0.1, 0.15) is 17.0 Å². The third kappa shape index (κ3) is 4.10. The van der Waals surface area contributed by atoms with E-state index in [1.54, 1.807) is 19.1 Å². The van der Waals surface area contributed by atoms with Crippen LogP contribution >= 0.6 is 0 Å². The Kier molecular flexibility index (Phi) is 5.05. The zero-order chi connectivity index (χ0) is 15.3. The summed E-state index contributed by atoms with van der Waals surface area (Å²) in [5.41, 5.74) is 1.63. The van der Waals surface area contributed by atoms with Gasteiger partial charge in [-0.3, -0.25) is 0 Å². The van der Waals surface area contributed by atoms with Crippen LogP contribution in [0.3, 0.4) is 0 Å². The summed E-state index contributed by atoms with van der Waals surface area (Å²) in [4.78, 5) is 4.14. The largest absolute Gasteiger partial charge is 0.343 e. The average Bonchev–Trinajstić information content (AvgIpc) is 2.94. The van der Waals surface area contributed by atoms with E-state index >= 15 is 0 Å². The Labute approximate surface area is 123 Å². The zero-order valence-corrected chi connectivity index (χ0v) is 12.8. The molecule has 1 aromatic heterocycles. The average molecular weight is 310 g/mol. The molecule has 0 aliphatic rings. The fourth-order valence-electron chi connectivity index (χ4n) is 1.93. The van der Waals surface area contributed by atoms with Gasteiger partial charge in [0.2, 0.25) is 16.4 Å². The summed E-state index contributed by atoms with van der Waals surface area (Å²) < 4.78 is 31.8. The highest BCUT2D eigenvalue weighted by Gasteiger charge is 2.17. The molecular formula is C13H18N4O3S. The molecule has 0 spiro atoms. The Hall–Kier alpha value is -1.77. The van der Waals surface area contributed by atoms with Crippen molar-refractivity contribution in [2.24, 2.45) is 0 Å².